The fourth-order valence-corrected chi connectivity index (χ4v) is 2.85. The number of nitrogens with one attached hydrogen (secondary N) is 1. The average Bonchev–Trinajstić information content (AvgIpc) is 2.55. The first kappa shape index (κ1) is 16.4. The first-order chi connectivity index (χ1) is 11.0. The van der Waals surface area contributed by atoms with Crippen LogP contribution in [0.5, 0.6) is 0 Å². The van der Waals surface area contributed by atoms with Gasteiger partial charge in [0.2, 0.25) is 0 Å². The third-order valence-corrected chi connectivity index (χ3v) is 4.16. The van der Waals surface area contributed by atoms with Crippen molar-refractivity contribution in [3.63, 3.8) is 0 Å². The van der Waals surface area contributed by atoms with Crippen LogP contribution in [-0.4, -0.2) is 62.7 Å². The van der Waals surface area contributed by atoms with Gasteiger partial charge in [-0.2, -0.15) is 0 Å². The molecule has 1 saturated heterocycles. The zero-order valence-electron chi connectivity index (χ0n) is 12.0. The van der Waals surface area contributed by atoms with Gasteiger partial charge in [0.05, 0.1) is 12.1 Å². The molecule has 0 bridgehead atoms. The molecule has 23 heavy (non-hydrogen) atoms. The molecule has 0 spiro atoms. The topological polar surface area (TPSA) is 115 Å². The number of ether oxygens (including phenoxy) is 1. The summed E-state index contributed by atoms with van der Waals surface area (Å²) in [5, 5.41) is 43.5. The van der Waals surface area contributed by atoms with E-state index < -0.39 is 37.3 Å². The molecule has 2 aromatic rings. The summed E-state index contributed by atoms with van der Waals surface area (Å²) in [4.78, 5) is 4.22. The number of fused-ring (bicyclic) bond motifs is 1. The molecule has 5 N–H and O–H groups in total. The summed E-state index contributed by atoms with van der Waals surface area (Å²) in [7, 11) is 0. The van der Waals surface area contributed by atoms with Crippen molar-refractivity contribution >= 4 is 28.2 Å². The second-order valence-electron chi connectivity index (χ2n) is 5.42. The zero-order chi connectivity index (χ0) is 16.6. The first-order valence-electron chi connectivity index (χ1n) is 7.12. The molecule has 0 aliphatic carbocycles. The predicted molar refractivity (Wildman–Crippen MR) is 84.1 cm³/mol. The number of aliphatic hydroxyl groups is 4. The molecule has 1 aromatic heterocycles. The Morgan fingerprint density at radius 3 is 2.70 bits per heavy atom. The minimum Gasteiger partial charge on any atom is -0.394 e. The highest BCUT2D eigenvalue weighted by Crippen LogP contribution is 2.28. The standard InChI is InChI=1S/C15H17ClN2O5/c16-7-1-2-9-8(5-7)10(3-4-17-9)18-12-14(21)13(20)11(6-19)23-15(12)22/h1-5,11-15,19-22H,6H2,(H,17,18)/t11-,12?,13?,14-,15?/m1/s1. The molecule has 2 heterocycles. The van der Waals surface area contributed by atoms with Gasteiger partial charge in [-0.3, -0.25) is 4.98 Å². The lowest BCUT2D eigenvalue weighted by Crippen LogP contribution is -2.61. The van der Waals surface area contributed by atoms with E-state index in [1.807, 2.05) is 0 Å². The Hall–Kier alpha value is -1.48. The van der Waals surface area contributed by atoms with Crippen LogP contribution < -0.4 is 5.32 Å². The minimum absolute atomic E-state index is 0.504. The molecular weight excluding hydrogens is 324 g/mol. The normalized spacial score (nSPS) is 31.3. The number of hydrogen-bond acceptors (Lipinski definition) is 7. The molecule has 0 radical (unpaired) electrons. The van der Waals surface area contributed by atoms with Gasteiger partial charge in [-0.1, -0.05) is 11.6 Å². The minimum atomic E-state index is -1.40. The molecule has 124 valence electrons. The van der Waals surface area contributed by atoms with Crippen molar-refractivity contribution in [2.45, 2.75) is 30.6 Å². The molecular formula is C15H17ClN2O5. The lowest BCUT2D eigenvalue weighted by Gasteiger charge is -2.40. The highest BCUT2D eigenvalue weighted by atomic mass is 35.5. The summed E-state index contributed by atoms with van der Waals surface area (Å²) in [5.41, 5.74) is 1.27. The number of aromatic nitrogens is 1. The second kappa shape index (κ2) is 6.56. The lowest BCUT2D eigenvalue weighted by atomic mass is 9.96. The van der Waals surface area contributed by atoms with Crippen molar-refractivity contribution in [1.82, 2.24) is 4.98 Å². The number of benzene rings is 1. The number of pyridine rings is 1. The largest absolute Gasteiger partial charge is 0.394 e. The Labute approximate surface area is 137 Å². The van der Waals surface area contributed by atoms with Crippen LogP contribution in [0.2, 0.25) is 5.02 Å². The number of halogens is 1. The van der Waals surface area contributed by atoms with Gasteiger partial charge in [0.15, 0.2) is 6.29 Å². The zero-order valence-corrected chi connectivity index (χ0v) is 12.8. The Morgan fingerprint density at radius 2 is 1.96 bits per heavy atom. The monoisotopic (exact) mass is 340 g/mol. The molecule has 3 rings (SSSR count). The molecule has 1 aliphatic heterocycles. The van der Waals surface area contributed by atoms with Crippen LogP contribution in [0.15, 0.2) is 30.5 Å². The number of rotatable bonds is 3. The van der Waals surface area contributed by atoms with Crippen molar-refractivity contribution in [1.29, 1.82) is 0 Å². The van der Waals surface area contributed by atoms with Crippen LogP contribution in [0.4, 0.5) is 5.69 Å². The van der Waals surface area contributed by atoms with Crippen LogP contribution >= 0.6 is 11.6 Å². The quantitative estimate of drug-likeness (QED) is 0.538. The molecule has 0 saturated carbocycles. The summed E-state index contributed by atoms with van der Waals surface area (Å²) in [6, 6.07) is 5.87. The van der Waals surface area contributed by atoms with Gasteiger partial charge < -0.3 is 30.5 Å². The number of aliphatic hydroxyl groups excluding tert-OH is 4. The smallest absolute Gasteiger partial charge is 0.178 e. The van der Waals surface area contributed by atoms with E-state index >= 15 is 0 Å². The summed E-state index contributed by atoms with van der Waals surface area (Å²) in [5.74, 6) is 0. The number of hydrogen-bond donors (Lipinski definition) is 5. The van der Waals surface area contributed by atoms with E-state index in [1.54, 1.807) is 30.5 Å². The maximum atomic E-state index is 10.2. The van der Waals surface area contributed by atoms with Crippen molar-refractivity contribution in [3.8, 4) is 0 Å². The average molecular weight is 341 g/mol. The van der Waals surface area contributed by atoms with Crippen LogP contribution in [-0.2, 0) is 4.74 Å². The van der Waals surface area contributed by atoms with Gasteiger partial charge in [0, 0.05) is 22.3 Å². The van der Waals surface area contributed by atoms with Crippen LogP contribution in [0, 0.1) is 0 Å². The summed E-state index contributed by atoms with van der Waals surface area (Å²) < 4.78 is 5.13. The Morgan fingerprint density at radius 1 is 1.17 bits per heavy atom. The van der Waals surface area contributed by atoms with Crippen molar-refractivity contribution in [2.24, 2.45) is 0 Å². The maximum Gasteiger partial charge on any atom is 0.178 e. The lowest BCUT2D eigenvalue weighted by molar-refractivity contribution is -0.245. The van der Waals surface area contributed by atoms with E-state index in [2.05, 4.69) is 10.3 Å². The molecule has 7 nitrogen and oxygen atoms in total. The molecule has 5 atom stereocenters. The summed E-state index contributed by atoms with van der Waals surface area (Å²) in [6.07, 6.45) is -3.50. The second-order valence-corrected chi connectivity index (χ2v) is 5.86. The fraction of sp³-hybridized carbons (Fsp3) is 0.400. The highest BCUT2D eigenvalue weighted by Gasteiger charge is 2.43. The third-order valence-electron chi connectivity index (χ3n) is 3.93. The van der Waals surface area contributed by atoms with Crippen molar-refractivity contribution < 1.29 is 25.2 Å². The SMILES string of the molecule is OC[C@H]1OC(O)C(Nc2ccnc3ccc(Cl)cc23)[C@@H](O)C1O. The Balaban J connectivity index is 1.91. The van der Waals surface area contributed by atoms with Crippen LogP contribution in [0.3, 0.4) is 0 Å². The van der Waals surface area contributed by atoms with Gasteiger partial charge in [-0.05, 0) is 24.3 Å². The van der Waals surface area contributed by atoms with Crippen LogP contribution in [0.1, 0.15) is 0 Å². The van der Waals surface area contributed by atoms with E-state index in [4.69, 9.17) is 21.4 Å². The van der Waals surface area contributed by atoms with Crippen molar-refractivity contribution in [2.75, 3.05) is 11.9 Å². The van der Waals surface area contributed by atoms with Gasteiger partial charge >= 0.3 is 0 Å². The van der Waals surface area contributed by atoms with E-state index in [0.717, 1.165) is 0 Å². The Kier molecular flexibility index (Phi) is 4.67. The van der Waals surface area contributed by atoms with E-state index in [0.29, 0.717) is 21.6 Å². The van der Waals surface area contributed by atoms with Crippen molar-refractivity contribution in [3.05, 3.63) is 35.5 Å². The van der Waals surface area contributed by atoms with Gasteiger partial charge in [-0.15, -0.1) is 0 Å². The maximum absolute atomic E-state index is 10.2. The summed E-state index contributed by atoms with van der Waals surface area (Å²) >= 11 is 6.01. The molecule has 3 unspecified atom stereocenters. The van der Waals surface area contributed by atoms with E-state index in [9.17, 15) is 15.3 Å². The molecule has 1 aromatic carbocycles. The first-order valence-corrected chi connectivity index (χ1v) is 7.50. The van der Waals surface area contributed by atoms with Crippen LogP contribution in [0.25, 0.3) is 10.9 Å². The number of nitrogens with zero attached hydrogens (tertiary/aromatic N) is 1. The van der Waals surface area contributed by atoms with E-state index in [1.165, 1.54) is 0 Å². The Bertz CT molecular complexity index is 701. The fourth-order valence-electron chi connectivity index (χ4n) is 2.68. The van der Waals surface area contributed by atoms with Gasteiger partial charge in [-0.25, -0.2) is 0 Å². The number of anilines is 1. The molecule has 8 heteroatoms. The molecule has 1 aliphatic rings. The van der Waals surface area contributed by atoms with Gasteiger partial charge in [0.1, 0.15) is 24.4 Å². The molecule has 1 fully saturated rings. The molecule has 0 amide bonds. The predicted octanol–water partition coefficient (Wildman–Crippen LogP) is 0.1000. The van der Waals surface area contributed by atoms with Gasteiger partial charge in [0.25, 0.3) is 0 Å². The highest BCUT2D eigenvalue weighted by molar-refractivity contribution is 6.31. The van der Waals surface area contributed by atoms with E-state index in [-0.39, 0.29) is 0 Å². The third kappa shape index (κ3) is 3.12. The summed E-state index contributed by atoms with van der Waals surface area (Å²) in [6.45, 7) is -0.504.